The predicted molar refractivity (Wildman–Crippen MR) is 137 cm³/mol. The molecule has 0 aliphatic carbocycles. The van der Waals surface area contributed by atoms with Crippen LogP contribution in [0.4, 0.5) is 9.59 Å². The number of hydrogen-bond acceptors (Lipinski definition) is 8. The van der Waals surface area contributed by atoms with Gasteiger partial charge in [-0.3, -0.25) is 14.6 Å². The first kappa shape index (κ1) is 27.5. The quantitative estimate of drug-likeness (QED) is 0.533. The smallest absolute Gasteiger partial charge is 0.410 e. The second kappa shape index (κ2) is 10.3. The molecule has 0 saturated carbocycles. The number of likely N-dealkylation sites (tertiary alicyclic amines) is 2. The van der Waals surface area contributed by atoms with Gasteiger partial charge in [-0.2, -0.15) is 4.98 Å². The fourth-order valence-corrected chi connectivity index (χ4v) is 4.74. The highest BCUT2D eigenvalue weighted by Crippen LogP contribution is 2.37. The molecule has 2 aromatic rings. The van der Waals surface area contributed by atoms with Crippen LogP contribution in [0.2, 0.25) is 0 Å². The maximum Gasteiger partial charge on any atom is 0.410 e. The minimum atomic E-state index is -0.624. The number of rotatable bonds is 4. The molecular weight excluding hydrogens is 492 g/mol. The van der Waals surface area contributed by atoms with Crippen LogP contribution in [0.15, 0.2) is 6.20 Å². The van der Waals surface area contributed by atoms with Crippen LogP contribution in [0, 0.1) is 0 Å². The Kier molecular flexibility index (Phi) is 7.44. The van der Waals surface area contributed by atoms with Crippen molar-refractivity contribution in [2.75, 3.05) is 13.1 Å². The first-order valence-corrected chi connectivity index (χ1v) is 13.0. The van der Waals surface area contributed by atoms with E-state index in [1.54, 1.807) is 16.0 Å². The molecule has 2 aromatic heterocycles. The standard InChI is InChI=1S/C26H38N6O6/c1-15(33)36-22-19(29-21(30-22)18-11-9-13-32(18)24(35)38-26(5,6)7)16-14-27-20(28-16)17-10-8-12-31(17)23(34)37-25(2,3)4/h14,17-18H,8-13H2,1-7H3,(H,27,28)(H,29,30)/t17-,18-/m0/s1. The molecular formula is C26H38N6O6. The minimum absolute atomic E-state index is 0.0918. The van der Waals surface area contributed by atoms with Gasteiger partial charge in [-0.05, 0) is 67.2 Å². The van der Waals surface area contributed by atoms with Crippen molar-refractivity contribution < 1.29 is 28.6 Å². The van der Waals surface area contributed by atoms with Crippen molar-refractivity contribution in [3.05, 3.63) is 17.8 Å². The number of nitrogens with zero attached hydrogens (tertiary/aromatic N) is 4. The zero-order valence-electron chi connectivity index (χ0n) is 23.2. The van der Waals surface area contributed by atoms with Gasteiger partial charge in [0.25, 0.3) is 0 Å². The molecule has 2 N–H and O–H groups in total. The molecule has 2 saturated heterocycles. The third kappa shape index (κ3) is 6.28. The number of aromatic amines is 2. The van der Waals surface area contributed by atoms with Gasteiger partial charge in [0, 0.05) is 20.0 Å². The molecule has 2 fully saturated rings. The van der Waals surface area contributed by atoms with Crippen LogP contribution in [0.5, 0.6) is 5.88 Å². The van der Waals surface area contributed by atoms with Gasteiger partial charge < -0.3 is 24.2 Å². The number of ether oxygens (including phenoxy) is 3. The predicted octanol–water partition coefficient (Wildman–Crippen LogP) is 4.87. The van der Waals surface area contributed by atoms with Gasteiger partial charge in [-0.25, -0.2) is 14.6 Å². The van der Waals surface area contributed by atoms with E-state index >= 15 is 0 Å². The molecule has 0 spiro atoms. The van der Waals surface area contributed by atoms with Crippen LogP contribution in [-0.4, -0.2) is 72.2 Å². The summed E-state index contributed by atoms with van der Waals surface area (Å²) in [5.41, 5.74) is -0.238. The number of aromatic nitrogens is 4. The first-order chi connectivity index (χ1) is 17.7. The van der Waals surface area contributed by atoms with E-state index in [0.717, 1.165) is 19.3 Å². The van der Waals surface area contributed by atoms with Gasteiger partial charge in [-0.15, -0.1) is 0 Å². The maximum absolute atomic E-state index is 12.8. The highest BCUT2D eigenvalue weighted by Gasteiger charge is 2.37. The number of hydrogen-bond donors (Lipinski definition) is 2. The van der Waals surface area contributed by atoms with Crippen molar-refractivity contribution in [1.82, 2.24) is 29.7 Å². The molecule has 12 nitrogen and oxygen atoms in total. The number of amides is 2. The second-order valence-electron chi connectivity index (χ2n) is 11.7. The molecule has 2 aliphatic heterocycles. The maximum atomic E-state index is 12.8. The Hall–Kier alpha value is -3.57. The molecule has 4 rings (SSSR count). The second-order valence-corrected chi connectivity index (χ2v) is 11.7. The molecule has 2 atom stereocenters. The highest BCUT2D eigenvalue weighted by atomic mass is 16.6. The monoisotopic (exact) mass is 530 g/mol. The summed E-state index contributed by atoms with van der Waals surface area (Å²) in [6.45, 7) is 13.4. The van der Waals surface area contributed by atoms with E-state index in [1.165, 1.54) is 6.92 Å². The third-order valence-corrected chi connectivity index (χ3v) is 6.19. The number of carbonyl (C=O) groups is 3. The Morgan fingerprint density at radius 1 is 0.868 bits per heavy atom. The molecule has 38 heavy (non-hydrogen) atoms. The third-order valence-electron chi connectivity index (χ3n) is 6.19. The summed E-state index contributed by atoms with van der Waals surface area (Å²) in [5.74, 6) is 0.664. The van der Waals surface area contributed by atoms with Crippen LogP contribution in [0.25, 0.3) is 11.4 Å². The van der Waals surface area contributed by atoms with Gasteiger partial charge in [0.15, 0.2) is 0 Å². The Labute approximate surface area is 222 Å². The number of carbonyl (C=O) groups excluding carboxylic acids is 3. The van der Waals surface area contributed by atoms with Crippen molar-refractivity contribution in [3.63, 3.8) is 0 Å². The Morgan fingerprint density at radius 2 is 1.39 bits per heavy atom. The minimum Gasteiger partial charge on any atom is -0.444 e. The van der Waals surface area contributed by atoms with Crippen molar-refractivity contribution in [2.45, 2.75) is 97.4 Å². The van der Waals surface area contributed by atoms with Crippen LogP contribution in [-0.2, 0) is 14.3 Å². The Morgan fingerprint density at radius 3 is 1.89 bits per heavy atom. The van der Waals surface area contributed by atoms with Crippen molar-refractivity contribution in [1.29, 1.82) is 0 Å². The number of H-pyrrole nitrogens is 2. The van der Waals surface area contributed by atoms with E-state index in [2.05, 4.69) is 19.9 Å². The lowest BCUT2D eigenvalue weighted by atomic mass is 10.2. The van der Waals surface area contributed by atoms with E-state index in [1.807, 2.05) is 41.5 Å². The molecule has 2 aliphatic rings. The Balaban J connectivity index is 1.60. The average molecular weight is 531 g/mol. The van der Waals surface area contributed by atoms with Gasteiger partial charge in [0.1, 0.15) is 28.5 Å². The van der Waals surface area contributed by atoms with Gasteiger partial charge in [-0.1, -0.05) is 0 Å². The fourth-order valence-electron chi connectivity index (χ4n) is 4.74. The Bertz CT molecular complexity index is 1190. The summed E-state index contributed by atoms with van der Waals surface area (Å²) >= 11 is 0. The van der Waals surface area contributed by atoms with Crippen LogP contribution >= 0.6 is 0 Å². The summed E-state index contributed by atoms with van der Waals surface area (Å²) in [4.78, 5) is 56.4. The summed E-state index contributed by atoms with van der Waals surface area (Å²) in [7, 11) is 0. The molecule has 4 heterocycles. The normalized spacial score (nSPS) is 20.1. The number of nitrogens with one attached hydrogen (secondary N) is 2. The molecule has 0 radical (unpaired) electrons. The summed E-state index contributed by atoms with van der Waals surface area (Å²) in [6, 6.07) is -0.622. The lowest BCUT2D eigenvalue weighted by Crippen LogP contribution is -2.36. The number of esters is 1. The zero-order valence-corrected chi connectivity index (χ0v) is 23.2. The van der Waals surface area contributed by atoms with Gasteiger partial charge >= 0.3 is 18.2 Å². The van der Waals surface area contributed by atoms with Crippen molar-refractivity contribution >= 4 is 18.2 Å². The SMILES string of the molecule is CC(=O)Oc1nc([C@@H]2CCCN2C(=O)OC(C)(C)C)[nH]c1-c1cnc([C@@H]2CCCN2C(=O)OC(C)(C)C)[nH]1. The van der Waals surface area contributed by atoms with E-state index in [-0.39, 0.29) is 24.1 Å². The molecule has 2 amide bonds. The molecule has 0 bridgehead atoms. The molecule has 0 unspecified atom stereocenters. The average Bonchev–Trinajstić information content (AvgIpc) is 3.54. The highest BCUT2D eigenvalue weighted by molar-refractivity contribution is 5.73. The fraction of sp³-hybridized carbons (Fsp3) is 0.654. The summed E-state index contributed by atoms with van der Waals surface area (Å²) < 4.78 is 16.6. The van der Waals surface area contributed by atoms with Crippen molar-refractivity contribution in [2.24, 2.45) is 0 Å². The molecule has 12 heteroatoms. The summed E-state index contributed by atoms with van der Waals surface area (Å²) in [5, 5.41) is 0. The van der Waals surface area contributed by atoms with E-state index < -0.39 is 23.3 Å². The topological polar surface area (TPSA) is 143 Å². The van der Waals surface area contributed by atoms with Crippen molar-refractivity contribution in [3.8, 4) is 17.3 Å². The van der Waals surface area contributed by atoms with E-state index in [4.69, 9.17) is 14.2 Å². The first-order valence-electron chi connectivity index (χ1n) is 13.0. The van der Waals surface area contributed by atoms with Crippen LogP contribution in [0.1, 0.15) is 97.9 Å². The van der Waals surface area contributed by atoms with Gasteiger partial charge in [0.05, 0.1) is 24.0 Å². The largest absolute Gasteiger partial charge is 0.444 e. The van der Waals surface area contributed by atoms with E-state index in [0.29, 0.717) is 42.5 Å². The zero-order chi connectivity index (χ0) is 27.8. The summed E-state index contributed by atoms with van der Waals surface area (Å²) in [6.07, 6.45) is 3.86. The lowest BCUT2D eigenvalue weighted by molar-refractivity contribution is -0.132. The molecule has 0 aromatic carbocycles. The molecule has 208 valence electrons. The van der Waals surface area contributed by atoms with E-state index in [9.17, 15) is 14.4 Å². The van der Waals surface area contributed by atoms with Gasteiger partial charge in [0.2, 0.25) is 5.88 Å². The number of imidazole rings is 2. The van der Waals surface area contributed by atoms with Crippen LogP contribution < -0.4 is 4.74 Å². The van der Waals surface area contributed by atoms with Crippen LogP contribution in [0.3, 0.4) is 0 Å². The lowest BCUT2D eigenvalue weighted by Gasteiger charge is -2.27.